The third kappa shape index (κ3) is 4.13. The Morgan fingerprint density at radius 1 is 1.41 bits per heavy atom. The van der Waals surface area contributed by atoms with Gasteiger partial charge in [0.1, 0.15) is 0 Å². The zero-order valence-corrected chi connectivity index (χ0v) is 10.8. The molecule has 4 nitrogen and oxygen atoms in total. The van der Waals surface area contributed by atoms with E-state index in [1.54, 1.807) is 6.20 Å². The van der Waals surface area contributed by atoms with Crippen LogP contribution in [-0.2, 0) is 0 Å². The first-order chi connectivity index (χ1) is 8.36. The van der Waals surface area contributed by atoms with Gasteiger partial charge in [-0.1, -0.05) is 6.42 Å². The molecule has 1 aliphatic rings. The zero-order chi connectivity index (χ0) is 11.9. The van der Waals surface area contributed by atoms with E-state index in [1.165, 1.54) is 51.0 Å². The van der Waals surface area contributed by atoms with Crippen LogP contribution in [0.15, 0.2) is 12.3 Å². The molecule has 96 valence electrons. The van der Waals surface area contributed by atoms with Crippen LogP contribution in [0.2, 0.25) is 0 Å². The summed E-state index contributed by atoms with van der Waals surface area (Å²) in [6.07, 6.45) is 7.24. The summed E-state index contributed by atoms with van der Waals surface area (Å²) in [5.74, 6) is 0. The Bertz CT molecular complexity index is 290. The molecule has 2 N–H and O–H groups in total. The molecule has 4 heteroatoms. The average molecular weight is 236 g/mol. The second-order valence-corrected chi connectivity index (χ2v) is 4.94. The Morgan fingerprint density at radius 3 is 2.94 bits per heavy atom. The van der Waals surface area contributed by atoms with Crippen LogP contribution in [0.5, 0.6) is 0 Å². The number of piperidine rings is 1. The lowest BCUT2D eigenvalue weighted by Gasteiger charge is -2.26. The maximum atomic E-state index is 3.97. The second kappa shape index (κ2) is 6.77. The Kier molecular flexibility index (Phi) is 5.01. The third-order valence-corrected chi connectivity index (χ3v) is 3.54. The zero-order valence-electron chi connectivity index (χ0n) is 10.8. The number of hydrogen-bond donors (Lipinski definition) is 2. The highest BCUT2D eigenvalue weighted by Crippen LogP contribution is 2.09. The van der Waals surface area contributed by atoms with Crippen LogP contribution < -0.4 is 5.32 Å². The number of H-pyrrole nitrogens is 1. The highest BCUT2D eigenvalue weighted by molar-refractivity contribution is 5.02. The minimum atomic E-state index is 0.374. The van der Waals surface area contributed by atoms with Crippen molar-refractivity contribution in [1.29, 1.82) is 0 Å². The van der Waals surface area contributed by atoms with Crippen molar-refractivity contribution in [2.24, 2.45) is 0 Å². The standard InChI is InChI=1S/C13H24N4/c1-12(13-6-8-15-16-13)14-7-5-11-17-9-3-2-4-10-17/h6,8,12,14H,2-5,7,9-11H2,1H3,(H,15,16). The van der Waals surface area contributed by atoms with E-state index in [0.717, 1.165) is 6.54 Å². The fourth-order valence-electron chi connectivity index (χ4n) is 2.42. The van der Waals surface area contributed by atoms with Crippen molar-refractivity contribution in [3.8, 4) is 0 Å². The third-order valence-electron chi connectivity index (χ3n) is 3.54. The summed E-state index contributed by atoms with van der Waals surface area (Å²) in [6, 6.07) is 2.40. The molecule has 0 radical (unpaired) electrons. The van der Waals surface area contributed by atoms with Gasteiger partial charge in [0.15, 0.2) is 0 Å². The van der Waals surface area contributed by atoms with Crippen molar-refractivity contribution in [3.63, 3.8) is 0 Å². The molecule has 1 aliphatic heterocycles. The smallest absolute Gasteiger partial charge is 0.0518 e. The molecule has 1 aromatic rings. The fraction of sp³-hybridized carbons (Fsp3) is 0.769. The van der Waals surface area contributed by atoms with Crippen molar-refractivity contribution in [3.05, 3.63) is 18.0 Å². The topological polar surface area (TPSA) is 44.0 Å². The lowest BCUT2D eigenvalue weighted by atomic mass is 10.1. The number of rotatable bonds is 6. The van der Waals surface area contributed by atoms with E-state index < -0.39 is 0 Å². The summed E-state index contributed by atoms with van der Waals surface area (Å²) in [5, 5.41) is 10.5. The fourth-order valence-corrected chi connectivity index (χ4v) is 2.42. The largest absolute Gasteiger partial charge is 0.309 e. The number of aromatic amines is 1. The molecule has 1 aromatic heterocycles. The number of nitrogens with zero attached hydrogens (tertiary/aromatic N) is 2. The minimum Gasteiger partial charge on any atom is -0.309 e. The van der Waals surface area contributed by atoms with Crippen molar-refractivity contribution >= 4 is 0 Å². The summed E-state index contributed by atoms with van der Waals surface area (Å²) in [6.45, 7) is 7.10. The van der Waals surface area contributed by atoms with E-state index in [-0.39, 0.29) is 0 Å². The highest BCUT2D eigenvalue weighted by atomic mass is 15.1. The molecule has 2 heterocycles. The van der Waals surface area contributed by atoms with Crippen LogP contribution in [0.3, 0.4) is 0 Å². The van der Waals surface area contributed by atoms with Gasteiger partial charge in [-0.15, -0.1) is 0 Å². The van der Waals surface area contributed by atoms with Gasteiger partial charge < -0.3 is 10.2 Å². The first kappa shape index (κ1) is 12.6. The van der Waals surface area contributed by atoms with E-state index >= 15 is 0 Å². The molecular formula is C13H24N4. The molecule has 0 amide bonds. The molecule has 1 atom stereocenters. The van der Waals surface area contributed by atoms with Gasteiger partial charge in [-0.3, -0.25) is 5.10 Å². The van der Waals surface area contributed by atoms with Gasteiger partial charge in [0.2, 0.25) is 0 Å². The minimum absolute atomic E-state index is 0.374. The van der Waals surface area contributed by atoms with Gasteiger partial charge >= 0.3 is 0 Å². The maximum Gasteiger partial charge on any atom is 0.0518 e. The second-order valence-electron chi connectivity index (χ2n) is 4.94. The van der Waals surface area contributed by atoms with Crippen molar-refractivity contribution in [2.75, 3.05) is 26.2 Å². The average Bonchev–Trinajstić information content (AvgIpc) is 2.89. The summed E-state index contributed by atoms with van der Waals surface area (Å²) in [7, 11) is 0. The summed E-state index contributed by atoms with van der Waals surface area (Å²) >= 11 is 0. The van der Waals surface area contributed by atoms with Crippen LogP contribution >= 0.6 is 0 Å². The normalized spacial score (nSPS) is 19.4. The number of hydrogen-bond acceptors (Lipinski definition) is 3. The molecular weight excluding hydrogens is 212 g/mol. The van der Waals surface area contributed by atoms with Crippen molar-refractivity contribution < 1.29 is 0 Å². The monoisotopic (exact) mass is 236 g/mol. The van der Waals surface area contributed by atoms with Gasteiger partial charge in [0, 0.05) is 12.2 Å². The van der Waals surface area contributed by atoms with Crippen LogP contribution in [-0.4, -0.2) is 41.3 Å². The summed E-state index contributed by atoms with van der Waals surface area (Å²) < 4.78 is 0. The maximum absolute atomic E-state index is 3.97. The molecule has 1 fully saturated rings. The SMILES string of the molecule is CC(NCCCN1CCCCC1)c1ccn[nH]1. The van der Waals surface area contributed by atoms with Crippen LogP contribution in [0.1, 0.15) is 44.3 Å². The number of likely N-dealkylation sites (tertiary alicyclic amines) is 1. The molecule has 0 saturated carbocycles. The van der Waals surface area contributed by atoms with Gasteiger partial charge in [0.05, 0.1) is 5.69 Å². The van der Waals surface area contributed by atoms with Crippen LogP contribution in [0.4, 0.5) is 0 Å². The number of nitrogens with one attached hydrogen (secondary N) is 2. The number of aromatic nitrogens is 2. The van der Waals surface area contributed by atoms with E-state index in [0.29, 0.717) is 6.04 Å². The molecule has 0 bridgehead atoms. The van der Waals surface area contributed by atoms with E-state index in [9.17, 15) is 0 Å². The molecule has 0 aliphatic carbocycles. The van der Waals surface area contributed by atoms with E-state index in [1.807, 2.05) is 6.07 Å². The lowest BCUT2D eigenvalue weighted by molar-refractivity contribution is 0.225. The predicted octanol–water partition coefficient (Wildman–Crippen LogP) is 1.94. The lowest BCUT2D eigenvalue weighted by Crippen LogP contribution is -2.32. The Labute approximate surface area is 104 Å². The predicted molar refractivity (Wildman–Crippen MR) is 69.9 cm³/mol. The molecule has 0 aromatic carbocycles. The highest BCUT2D eigenvalue weighted by Gasteiger charge is 2.09. The first-order valence-electron chi connectivity index (χ1n) is 6.81. The Morgan fingerprint density at radius 2 is 2.24 bits per heavy atom. The van der Waals surface area contributed by atoms with E-state index in [4.69, 9.17) is 0 Å². The Balaban J connectivity index is 1.56. The molecule has 1 unspecified atom stereocenters. The van der Waals surface area contributed by atoms with Crippen LogP contribution in [0.25, 0.3) is 0 Å². The Hall–Kier alpha value is -0.870. The van der Waals surface area contributed by atoms with Gasteiger partial charge in [-0.25, -0.2) is 0 Å². The van der Waals surface area contributed by atoms with Crippen molar-refractivity contribution in [1.82, 2.24) is 20.4 Å². The van der Waals surface area contributed by atoms with Gasteiger partial charge in [0.25, 0.3) is 0 Å². The van der Waals surface area contributed by atoms with Gasteiger partial charge in [-0.05, 0) is 58.4 Å². The molecule has 17 heavy (non-hydrogen) atoms. The van der Waals surface area contributed by atoms with E-state index in [2.05, 4.69) is 27.3 Å². The van der Waals surface area contributed by atoms with Crippen LogP contribution in [0, 0.1) is 0 Å². The quantitative estimate of drug-likeness (QED) is 0.742. The summed E-state index contributed by atoms with van der Waals surface area (Å²) in [4.78, 5) is 2.59. The molecule has 2 rings (SSSR count). The van der Waals surface area contributed by atoms with Crippen molar-refractivity contribution in [2.45, 2.75) is 38.6 Å². The summed E-state index contributed by atoms with van der Waals surface area (Å²) in [5.41, 5.74) is 1.17. The van der Waals surface area contributed by atoms with Gasteiger partial charge in [-0.2, -0.15) is 5.10 Å². The molecule has 1 saturated heterocycles. The first-order valence-corrected chi connectivity index (χ1v) is 6.81. The molecule has 0 spiro atoms.